The van der Waals surface area contributed by atoms with E-state index in [1.165, 1.54) is 23.3 Å². The van der Waals surface area contributed by atoms with Crippen molar-refractivity contribution in [3.63, 3.8) is 0 Å². The number of hydrogen-bond acceptors (Lipinski definition) is 4. The van der Waals surface area contributed by atoms with Crippen molar-refractivity contribution in [1.29, 1.82) is 0 Å². The Kier molecular flexibility index (Phi) is 4.70. The Hall–Kier alpha value is -2.89. The molecule has 0 unspecified atom stereocenters. The maximum absolute atomic E-state index is 12.3. The summed E-state index contributed by atoms with van der Waals surface area (Å²) in [4.78, 5) is 22.7. The summed E-state index contributed by atoms with van der Waals surface area (Å²) in [6.45, 7) is 3.29. The third-order valence-corrected chi connectivity index (χ3v) is 4.41. The number of ether oxygens (including phenoxy) is 1. The lowest BCUT2D eigenvalue weighted by atomic mass is 10.1. The zero-order valence-corrected chi connectivity index (χ0v) is 14.2. The molecule has 130 valence electrons. The van der Waals surface area contributed by atoms with Gasteiger partial charge in [0, 0.05) is 17.3 Å². The fourth-order valence-corrected chi connectivity index (χ4v) is 3.06. The number of nitrogens with zero attached hydrogens (tertiary/aromatic N) is 1. The van der Waals surface area contributed by atoms with Gasteiger partial charge in [0.1, 0.15) is 5.75 Å². The van der Waals surface area contributed by atoms with E-state index in [4.69, 9.17) is 4.74 Å². The molecule has 1 N–H and O–H groups in total. The summed E-state index contributed by atoms with van der Waals surface area (Å²) in [7, 11) is 0. The number of amides is 1. The summed E-state index contributed by atoms with van der Waals surface area (Å²) in [5.41, 5.74) is 3.93. The van der Waals surface area contributed by atoms with Crippen LogP contribution in [0.5, 0.6) is 5.75 Å². The van der Waals surface area contributed by atoms with Crippen LogP contribution in [0.2, 0.25) is 0 Å². The lowest BCUT2D eigenvalue weighted by Crippen LogP contribution is -2.30. The maximum Gasteiger partial charge on any atom is 0.272 e. The molecule has 0 aliphatic heterocycles. The largest absolute Gasteiger partial charge is 0.481 e. The highest BCUT2D eigenvalue weighted by Crippen LogP contribution is 2.26. The second kappa shape index (κ2) is 6.93. The van der Waals surface area contributed by atoms with Crippen LogP contribution in [0.4, 0.5) is 11.4 Å². The van der Waals surface area contributed by atoms with Crippen LogP contribution in [0.1, 0.15) is 30.0 Å². The number of carbonyl (C=O) groups is 1. The number of carbonyl (C=O) groups excluding carboxylic acids is 1. The summed E-state index contributed by atoms with van der Waals surface area (Å²) in [6.07, 6.45) is 2.59. The summed E-state index contributed by atoms with van der Waals surface area (Å²) in [6, 6.07) is 10.4. The van der Waals surface area contributed by atoms with Gasteiger partial charge < -0.3 is 10.1 Å². The van der Waals surface area contributed by atoms with Crippen LogP contribution in [0, 0.1) is 17.0 Å². The number of fused-ring (bicyclic) bond motifs is 1. The summed E-state index contributed by atoms with van der Waals surface area (Å²) in [5, 5.41) is 13.7. The van der Waals surface area contributed by atoms with E-state index in [0.717, 1.165) is 24.9 Å². The topological polar surface area (TPSA) is 81.5 Å². The predicted molar refractivity (Wildman–Crippen MR) is 95.0 cm³/mol. The molecule has 25 heavy (non-hydrogen) atoms. The first-order valence-electron chi connectivity index (χ1n) is 8.28. The smallest absolute Gasteiger partial charge is 0.272 e. The Morgan fingerprint density at radius 2 is 1.96 bits per heavy atom. The van der Waals surface area contributed by atoms with Gasteiger partial charge in [0.15, 0.2) is 6.10 Å². The minimum atomic E-state index is -0.714. The first-order valence-corrected chi connectivity index (χ1v) is 8.28. The number of benzene rings is 2. The van der Waals surface area contributed by atoms with E-state index in [9.17, 15) is 14.9 Å². The van der Waals surface area contributed by atoms with Gasteiger partial charge >= 0.3 is 0 Å². The van der Waals surface area contributed by atoms with E-state index < -0.39 is 11.0 Å². The minimum Gasteiger partial charge on any atom is -0.481 e. The molecule has 1 aliphatic rings. The van der Waals surface area contributed by atoms with Gasteiger partial charge in [0.2, 0.25) is 0 Å². The van der Waals surface area contributed by atoms with Crippen molar-refractivity contribution in [2.45, 2.75) is 39.2 Å². The highest BCUT2D eigenvalue weighted by atomic mass is 16.6. The molecule has 0 radical (unpaired) electrons. The number of hydrogen-bond donors (Lipinski definition) is 1. The second-order valence-corrected chi connectivity index (χ2v) is 6.29. The molecule has 2 aromatic carbocycles. The Bertz CT molecular complexity index is 832. The highest BCUT2D eigenvalue weighted by Gasteiger charge is 2.18. The van der Waals surface area contributed by atoms with Crippen molar-refractivity contribution < 1.29 is 14.5 Å². The molecule has 2 aromatic rings. The lowest BCUT2D eigenvalue weighted by Gasteiger charge is -2.15. The van der Waals surface area contributed by atoms with E-state index in [2.05, 4.69) is 11.4 Å². The molecule has 1 atom stereocenters. The molecule has 0 spiro atoms. The van der Waals surface area contributed by atoms with Crippen LogP contribution in [0.25, 0.3) is 0 Å². The SMILES string of the molecule is Cc1cc(O[C@H](C)C(=O)Nc2ccc3c(c2)CCC3)ccc1[N+](=O)[O-]. The fraction of sp³-hybridized carbons (Fsp3) is 0.316. The van der Waals surface area contributed by atoms with E-state index >= 15 is 0 Å². The Balaban J connectivity index is 1.64. The minimum absolute atomic E-state index is 0.0302. The standard InChI is InChI=1S/C19H20N2O4/c1-12-10-17(8-9-18(12)21(23)24)25-13(2)19(22)20-16-7-6-14-4-3-5-15(14)11-16/h6-11,13H,3-5H2,1-2H3,(H,20,22)/t13-/m1/s1. The van der Waals surface area contributed by atoms with Crippen molar-refractivity contribution >= 4 is 17.3 Å². The van der Waals surface area contributed by atoms with Crippen molar-refractivity contribution in [2.24, 2.45) is 0 Å². The van der Waals surface area contributed by atoms with Gasteiger partial charge in [-0.3, -0.25) is 14.9 Å². The number of nitro benzene ring substituents is 1. The number of aryl methyl sites for hydroxylation is 3. The van der Waals surface area contributed by atoms with Crippen LogP contribution < -0.4 is 10.1 Å². The van der Waals surface area contributed by atoms with Gasteiger partial charge in [-0.1, -0.05) is 6.07 Å². The van der Waals surface area contributed by atoms with Gasteiger partial charge in [-0.2, -0.15) is 0 Å². The van der Waals surface area contributed by atoms with Crippen LogP contribution in [-0.4, -0.2) is 16.9 Å². The normalized spacial score (nSPS) is 13.8. The molecular weight excluding hydrogens is 320 g/mol. The Morgan fingerprint density at radius 1 is 1.20 bits per heavy atom. The van der Waals surface area contributed by atoms with Crippen molar-refractivity contribution in [3.8, 4) is 5.75 Å². The fourth-order valence-electron chi connectivity index (χ4n) is 3.06. The average Bonchev–Trinajstić information content (AvgIpc) is 3.02. The molecule has 0 saturated heterocycles. The molecule has 1 amide bonds. The van der Waals surface area contributed by atoms with Crippen LogP contribution in [0.3, 0.4) is 0 Å². The van der Waals surface area contributed by atoms with E-state index in [-0.39, 0.29) is 11.6 Å². The molecule has 6 nitrogen and oxygen atoms in total. The van der Waals surface area contributed by atoms with Crippen molar-refractivity contribution in [3.05, 3.63) is 63.2 Å². The van der Waals surface area contributed by atoms with Crippen LogP contribution in [0.15, 0.2) is 36.4 Å². The highest BCUT2D eigenvalue weighted by molar-refractivity contribution is 5.94. The molecule has 0 heterocycles. The molecule has 3 rings (SSSR count). The Morgan fingerprint density at radius 3 is 2.68 bits per heavy atom. The molecule has 0 saturated carbocycles. The molecule has 0 fully saturated rings. The van der Waals surface area contributed by atoms with E-state index in [0.29, 0.717) is 11.3 Å². The molecular formula is C19H20N2O4. The van der Waals surface area contributed by atoms with Crippen LogP contribution in [-0.2, 0) is 17.6 Å². The monoisotopic (exact) mass is 340 g/mol. The first kappa shape index (κ1) is 17.0. The summed E-state index contributed by atoms with van der Waals surface area (Å²) < 4.78 is 5.62. The third-order valence-electron chi connectivity index (χ3n) is 4.41. The number of rotatable bonds is 5. The van der Waals surface area contributed by atoms with Gasteiger partial charge in [0.25, 0.3) is 11.6 Å². The maximum atomic E-state index is 12.3. The number of nitrogens with one attached hydrogen (secondary N) is 1. The summed E-state index contributed by atoms with van der Waals surface area (Å²) >= 11 is 0. The average molecular weight is 340 g/mol. The van der Waals surface area contributed by atoms with Gasteiger partial charge in [-0.05, 0) is 68.5 Å². The predicted octanol–water partition coefficient (Wildman–Crippen LogP) is 3.80. The lowest BCUT2D eigenvalue weighted by molar-refractivity contribution is -0.385. The van der Waals surface area contributed by atoms with Gasteiger partial charge in [-0.15, -0.1) is 0 Å². The number of nitro groups is 1. The summed E-state index contributed by atoms with van der Waals surface area (Å²) in [5.74, 6) is 0.175. The number of anilines is 1. The second-order valence-electron chi connectivity index (χ2n) is 6.29. The van der Waals surface area contributed by atoms with Gasteiger partial charge in [-0.25, -0.2) is 0 Å². The molecule has 0 bridgehead atoms. The van der Waals surface area contributed by atoms with Crippen LogP contribution >= 0.6 is 0 Å². The molecule has 1 aliphatic carbocycles. The van der Waals surface area contributed by atoms with Gasteiger partial charge in [0.05, 0.1) is 4.92 Å². The first-order chi connectivity index (χ1) is 11.9. The molecule has 0 aromatic heterocycles. The zero-order valence-electron chi connectivity index (χ0n) is 14.2. The van der Waals surface area contributed by atoms with E-state index in [1.54, 1.807) is 19.9 Å². The van der Waals surface area contributed by atoms with E-state index in [1.807, 2.05) is 12.1 Å². The Labute approximate surface area is 146 Å². The zero-order chi connectivity index (χ0) is 18.0. The third kappa shape index (κ3) is 3.79. The quantitative estimate of drug-likeness (QED) is 0.663. The molecule has 6 heteroatoms. The van der Waals surface area contributed by atoms with Crippen molar-refractivity contribution in [2.75, 3.05) is 5.32 Å². The van der Waals surface area contributed by atoms with Crippen molar-refractivity contribution in [1.82, 2.24) is 0 Å².